The first kappa shape index (κ1) is 20.5. The number of hydrogen-bond donors (Lipinski definition) is 1. The first-order valence-corrected chi connectivity index (χ1v) is 9.42. The van der Waals surface area contributed by atoms with Gasteiger partial charge in [0.1, 0.15) is 6.61 Å². The fraction of sp³-hybridized carbons (Fsp3) is 0.364. The van der Waals surface area contributed by atoms with Gasteiger partial charge < -0.3 is 24.2 Å². The number of rotatable bonds is 7. The molecule has 7 nitrogen and oxygen atoms in total. The number of nitrogens with zero attached hydrogens (tertiary/aromatic N) is 1. The molecule has 1 saturated heterocycles. The van der Waals surface area contributed by atoms with Crippen molar-refractivity contribution in [3.63, 3.8) is 0 Å². The standard InChI is InChI=1S/C22H25NO6/c1-14-17(22(25)26)9-10-23(14)21(24)16-11-18(27-2)20(19(12-16)28-3)29-13-15-7-5-4-6-8-15/h4-8,11-12,14,17H,9-10,13H2,1-3H3,(H,25,26). The monoisotopic (exact) mass is 399 g/mol. The van der Waals surface area contributed by atoms with Gasteiger partial charge in [0.05, 0.1) is 20.1 Å². The van der Waals surface area contributed by atoms with E-state index in [9.17, 15) is 14.7 Å². The molecular formula is C22H25NO6. The summed E-state index contributed by atoms with van der Waals surface area (Å²) >= 11 is 0. The maximum atomic E-state index is 13.0. The molecule has 2 aromatic rings. The molecule has 1 aliphatic rings. The molecule has 2 atom stereocenters. The third kappa shape index (κ3) is 4.29. The number of carboxylic acids is 1. The number of carbonyl (C=O) groups excluding carboxylic acids is 1. The van der Waals surface area contributed by atoms with Crippen LogP contribution in [0.1, 0.15) is 29.3 Å². The second kappa shape index (κ2) is 8.86. The molecule has 29 heavy (non-hydrogen) atoms. The smallest absolute Gasteiger partial charge is 0.308 e. The van der Waals surface area contributed by atoms with Crippen molar-refractivity contribution in [2.45, 2.75) is 26.0 Å². The Morgan fingerprint density at radius 2 is 1.72 bits per heavy atom. The molecule has 0 aliphatic carbocycles. The van der Waals surface area contributed by atoms with Gasteiger partial charge in [-0.15, -0.1) is 0 Å². The van der Waals surface area contributed by atoms with Crippen LogP contribution in [0.25, 0.3) is 0 Å². The van der Waals surface area contributed by atoms with E-state index in [-0.39, 0.29) is 11.9 Å². The van der Waals surface area contributed by atoms with Crippen LogP contribution in [0.4, 0.5) is 0 Å². The Hall–Kier alpha value is -3.22. The van der Waals surface area contributed by atoms with Crippen molar-refractivity contribution in [3.8, 4) is 17.2 Å². The molecule has 2 unspecified atom stereocenters. The van der Waals surface area contributed by atoms with Gasteiger partial charge in [-0.3, -0.25) is 9.59 Å². The van der Waals surface area contributed by atoms with Gasteiger partial charge in [0.2, 0.25) is 5.75 Å². The zero-order valence-electron chi connectivity index (χ0n) is 16.8. The molecule has 0 radical (unpaired) electrons. The maximum Gasteiger partial charge on any atom is 0.308 e. The van der Waals surface area contributed by atoms with Crippen LogP contribution in [-0.4, -0.2) is 48.7 Å². The Labute approximate surface area is 169 Å². The molecular weight excluding hydrogens is 374 g/mol. The minimum atomic E-state index is -0.882. The van der Waals surface area contributed by atoms with Crippen molar-refractivity contribution in [2.75, 3.05) is 20.8 Å². The van der Waals surface area contributed by atoms with E-state index >= 15 is 0 Å². The van der Waals surface area contributed by atoms with Crippen molar-refractivity contribution in [1.82, 2.24) is 4.90 Å². The Morgan fingerprint density at radius 1 is 1.10 bits per heavy atom. The third-order valence-electron chi connectivity index (χ3n) is 5.27. The van der Waals surface area contributed by atoms with Crippen LogP contribution >= 0.6 is 0 Å². The first-order chi connectivity index (χ1) is 14.0. The van der Waals surface area contributed by atoms with E-state index in [0.717, 1.165) is 5.56 Å². The van der Waals surface area contributed by atoms with E-state index in [2.05, 4.69) is 0 Å². The SMILES string of the molecule is COc1cc(C(=O)N2CCC(C(=O)O)C2C)cc(OC)c1OCc1ccccc1. The fourth-order valence-corrected chi connectivity index (χ4v) is 3.60. The average Bonchev–Trinajstić information content (AvgIpc) is 3.13. The van der Waals surface area contributed by atoms with Crippen molar-refractivity contribution in [3.05, 3.63) is 53.6 Å². The van der Waals surface area contributed by atoms with E-state index in [0.29, 0.717) is 42.4 Å². The number of hydrogen-bond acceptors (Lipinski definition) is 5. The molecule has 1 aliphatic heterocycles. The summed E-state index contributed by atoms with van der Waals surface area (Å²) in [7, 11) is 2.99. The minimum absolute atomic E-state index is 0.257. The third-order valence-corrected chi connectivity index (χ3v) is 5.27. The highest BCUT2D eigenvalue weighted by molar-refractivity contribution is 5.96. The van der Waals surface area contributed by atoms with E-state index in [1.807, 2.05) is 30.3 Å². The topological polar surface area (TPSA) is 85.3 Å². The van der Waals surface area contributed by atoms with Crippen LogP contribution in [0.5, 0.6) is 17.2 Å². The summed E-state index contributed by atoms with van der Waals surface area (Å²) < 4.78 is 16.8. The average molecular weight is 399 g/mol. The number of likely N-dealkylation sites (tertiary alicyclic amines) is 1. The van der Waals surface area contributed by atoms with Gasteiger partial charge in [0.15, 0.2) is 11.5 Å². The van der Waals surface area contributed by atoms with E-state index in [4.69, 9.17) is 14.2 Å². The summed E-state index contributed by atoms with van der Waals surface area (Å²) in [5.41, 5.74) is 1.35. The summed E-state index contributed by atoms with van der Waals surface area (Å²) in [6.07, 6.45) is 0.439. The zero-order valence-corrected chi connectivity index (χ0v) is 16.8. The molecule has 154 valence electrons. The van der Waals surface area contributed by atoms with Crippen LogP contribution in [0.2, 0.25) is 0 Å². The van der Waals surface area contributed by atoms with Gasteiger partial charge in [-0.1, -0.05) is 30.3 Å². The number of benzene rings is 2. The van der Waals surface area contributed by atoms with Crippen LogP contribution in [0.15, 0.2) is 42.5 Å². The predicted octanol–water partition coefficient (Wildman–Crippen LogP) is 3.22. The number of amides is 1. The molecule has 0 saturated carbocycles. The quantitative estimate of drug-likeness (QED) is 0.770. The molecule has 0 aromatic heterocycles. The molecule has 2 aromatic carbocycles. The van der Waals surface area contributed by atoms with Crippen molar-refractivity contribution in [1.29, 1.82) is 0 Å². The first-order valence-electron chi connectivity index (χ1n) is 9.42. The largest absolute Gasteiger partial charge is 0.493 e. The van der Waals surface area contributed by atoms with Crippen LogP contribution in [-0.2, 0) is 11.4 Å². The highest BCUT2D eigenvalue weighted by Crippen LogP contribution is 2.40. The maximum absolute atomic E-state index is 13.0. The van der Waals surface area contributed by atoms with Crippen molar-refractivity contribution < 1.29 is 28.9 Å². The predicted molar refractivity (Wildman–Crippen MR) is 107 cm³/mol. The molecule has 1 heterocycles. The Kier molecular flexibility index (Phi) is 6.26. The van der Waals surface area contributed by atoms with Crippen molar-refractivity contribution in [2.24, 2.45) is 5.92 Å². The van der Waals surface area contributed by atoms with E-state index in [1.54, 1.807) is 24.0 Å². The summed E-state index contributed by atoms with van der Waals surface area (Å²) in [6, 6.07) is 12.5. The molecule has 7 heteroatoms. The van der Waals surface area contributed by atoms with Gasteiger partial charge in [0.25, 0.3) is 5.91 Å². The van der Waals surface area contributed by atoms with Gasteiger partial charge in [0, 0.05) is 18.2 Å². The van der Waals surface area contributed by atoms with Gasteiger partial charge in [-0.2, -0.15) is 0 Å². The van der Waals surface area contributed by atoms with E-state index in [1.165, 1.54) is 14.2 Å². The summed E-state index contributed by atoms with van der Waals surface area (Å²) in [4.78, 5) is 26.0. The lowest BCUT2D eigenvalue weighted by molar-refractivity contribution is -0.142. The van der Waals surface area contributed by atoms with Crippen LogP contribution in [0.3, 0.4) is 0 Å². The highest BCUT2D eigenvalue weighted by atomic mass is 16.5. The van der Waals surface area contributed by atoms with Crippen LogP contribution in [0, 0.1) is 5.92 Å². The summed E-state index contributed by atoms with van der Waals surface area (Å²) in [5, 5.41) is 9.31. The lowest BCUT2D eigenvalue weighted by atomic mass is 10.0. The number of methoxy groups -OCH3 is 2. The highest BCUT2D eigenvalue weighted by Gasteiger charge is 2.38. The molecule has 1 N–H and O–H groups in total. The van der Waals surface area contributed by atoms with Crippen molar-refractivity contribution >= 4 is 11.9 Å². The van der Waals surface area contributed by atoms with E-state index < -0.39 is 11.9 Å². The van der Waals surface area contributed by atoms with Gasteiger partial charge in [-0.25, -0.2) is 0 Å². The Morgan fingerprint density at radius 3 is 2.24 bits per heavy atom. The normalized spacial score (nSPS) is 18.4. The summed E-state index contributed by atoms with van der Waals surface area (Å²) in [5.74, 6) is -0.528. The molecule has 0 bridgehead atoms. The Bertz CT molecular complexity index is 857. The second-order valence-electron chi connectivity index (χ2n) is 6.96. The molecule has 1 amide bonds. The number of aliphatic carboxylic acids is 1. The lowest BCUT2D eigenvalue weighted by Crippen LogP contribution is -2.37. The number of carbonyl (C=O) groups is 2. The lowest BCUT2D eigenvalue weighted by Gasteiger charge is -2.24. The number of carboxylic acid groups (broad SMARTS) is 1. The molecule has 0 spiro atoms. The van der Waals surface area contributed by atoms with Crippen LogP contribution < -0.4 is 14.2 Å². The fourth-order valence-electron chi connectivity index (χ4n) is 3.60. The van der Waals surface area contributed by atoms with Gasteiger partial charge in [-0.05, 0) is 31.0 Å². The molecule has 3 rings (SSSR count). The number of ether oxygens (including phenoxy) is 3. The van der Waals surface area contributed by atoms with Gasteiger partial charge >= 0.3 is 5.97 Å². The Balaban J connectivity index is 1.85. The molecule has 1 fully saturated rings. The summed E-state index contributed by atoms with van der Waals surface area (Å²) in [6.45, 7) is 2.48. The second-order valence-corrected chi connectivity index (χ2v) is 6.96. The minimum Gasteiger partial charge on any atom is -0.493 e. The zero-order chi connectivity index (χ0) is 21.0.